The number of rotatable bonds is 8. The van der Waals surface area contributed by atoms with Gasteiger partial charge in [0.05, 0.1) is 0 Å². The van der Waals surface area contributed by atoms with E-state index < -0.39 is 0 Å². The van der Waals surface area contributed by atoms with E-state index in [0.29, 0.717) is 0 Å². The fourth-order valence-corrected chi connectivity index (χ4v) is 2.03. The minimum Gasteiger partial charge on any atom is -0.360 e. The van der Waals surface area contributed by atoms with Crippen LogP contribution >= 0.6 is 0 Å². The lowest BCUT2D eigenvalue weighted by molar-refractivity contribution is 0.721. The molecule has 0 aromatic carbocycles. The molecule has 0 aliphatic rings. The molecule has 1 aromatic rings. The summed E-state index contributed by atoms with van der Waals surface area (Å²) in [5.41, 5.74) is 2.55. The van der Waals surface area contributed by atoms with Crippen molar-refractivity contribution in [2.75, 3.05) is 25.0 Å². The molecule has 3 heteroatoms. The van der Waals surface area contributed by atoms with E-state index in [1.54, 1.807) is 0 Å². The van der Waals surface area contributed by atoms with Gasteiger partial charge in [-0.25, -0.2) is 4.98 Å². The van der Waals surface area contributed by atoms with Crippen molar-refractivity contribution in [3.63, 3.8) is 0 Å². The molecule has 0 aliphatic carbocycles. The molecule has 102 valence electrons. The Kier molecular flexibility index (Phi) is 6.73. The van der Waals surface area contributed by atoms with Crippen molar-refractivity contribution >= 4 is 5.82 Å². The molecule has 0 spiro atoms. The highest BCUT2D eigenvalue weighted by Crippen LogP contribution is 2.15. The van der Waals surface area contributed by atoms with Crippen LogP contribution in [0.2, 0.25) is 0 Å². The lowest BCUT2D eigenvalue weighted by atomic mass is 10.1. The number of hydrogen-bond acceptors (Lipinski definition) is 3. The average molecular weight is 249 g/mol. The van der Waals surface area contributed by atoms with Gasteiger partial charge in [0.15, 0.2) is 0 Å². The van der Waals surface area contributed by atoms with E-state index in [0.717, 1.165) is 44.7 Å². The van der Waals surface area contributed by atoms with Crippen LogP contribution in [0.5, 0.6) is 0 Å². The highest BCUT2D eigenvalue weighted by molar-refractivity contribution is 5.42. The Morgan fingerprint density at radius 2 is 1.94 bits per heavy atom. The number of pyridine rings is 1. The van der Waals surface area contributed by atoms with E-state index >= 15 is 0 Å². The number of anilines is 1. The quantitative estimate of drug-likeness (QED) is 0.767. The summed E-state index contributed by atoms with van der Waals surface area (Å²) >= 11 is 0. The van der Waals surface area contributed by atoms with Gasteiger partial charge in [-0.15, -0.1) is 0 Å². The Morgan fingerprint density at radius 1 is 1.17 bits per heavy atom. The molecule has 0 fully saturated rings. The topological polar surface area (TPSA) is 28.2 Å². The third kappa shape index (κ3) is 4.65. The Bertz CT molecular complexity index is 350. The summed E-state index contributed by atoms with van der Waals surface area (Å²) in [5, 5.41) is 3.39. The van der Waals surface area contributed by atoms with E-state index in [2.05, 4.69) is 50.2 Å². The number of nitrogens with zero attached hydrogens (tertiary/aromatic N) is 2. The molecule has 1 N–H and O–H groups in total. The van der Waals surface area contributed by atoms with Gasteiger partial charge in [-0.3, -0.25) is 0 Å². The maximum Gasteiger partial charge on any atom is 0.128 e. The largest absolute Gasteiger partial charge is 0.360 e. The van der Waals surface area contributed by atoms with Crippen LogP contribution in [0.3, 0.4) is 0 Å². The molecule has 0 radical (unpaired) electrons. The van der Waals surface area contributed by atoms with Gasteiger partial charge in [-0.1, -0.05) is 27.2 Å². The molecule has 1 aromatic heterocycles. The van der Waals surface area contributed by atoms with Gasteiger partial charge in [-0.05, 0) is 37.1 Å². The lowest BCUT2D eigenvalue weighted by Gasteiger charge is -2.19. The van der Waals surface area contributed by atoms with Crippen LogP contribution in [0.4, 0.5) is 5.82 Å². The van der Waals surface area contributed by atoms with Gasteiger partial charge in [-0.2, -0.15) is 0 Å². The molecule has 0 atom stereocenters. The standard InChI is InChI=1S/C15H27N3/c1-5-8-14-10-13(12-16-7-3)11-15(17-14)18(4)9-6-2/h10-11,16H,5-9,12H2,1-4H3. The fraction of sp³-hybridized carbons (Fsp3) is 0.667. The van der Waals surface area contributed by atoms with Crippen molar-refractivity contribution in [1.82, 2.24) is 10.3 Å². The van der Waals surface area contributed by atoms with Crippen molar-refractivity contribution in [2.24, 2.45) is 0 Å². The number of aryl methyl sites for hydroxylation is 1. The van der Waals surface area contributed by atoms with Gasteiger partial charge in [0.1, 0.15) is 5.82 Å². The predicted octanol–water partition coefficient (Wildman–Crippen LogP) is 2.99. The minimum atomic E-state index is 0.933. The molecule has 0 saturated carbocycles. The molecule has 1 rings (SSSR count). The Labute approximate surface area is 112 Å². The third-order valence-corrected chi connectivity index (χ3v) is 2.96. The Hall–Kier alpha value is -1.09. The predicted molar refractivity (Wildman–Crippen MR) is 79.2 cm³/mol. The van der Waals surface area contributed by atoms with Gasteiger partial charge in [0, 0.05) is 25.8 Å². The molecule has 1 heterocycles. The summed E-state index contributed by atoms with van der Waals surface area (Å²) in [7, 11) is 2.12. The maximum atomic E-state index is 4.75. The van der Waals surface area contributed by atoms with Gasteiger partial charge in [0.25, 0.3) is 0 Å². The first-order valence-electron chi connectivity index (χ1n) is 7.12. The second-order valence-electron chi connectivity index (χ2n) is 4.78. The zero-order valence-corrected chi connectivity index (χ0v) is 12.3. The second kappa shape index (κ2) is 8.09. The minimum absolute atomic E-state index is 0.933. The summed E-state index contributed by atoms with van der Waals surface area (Å²) in [5.74, 6) is 1.11. The van der Waals surface area contributed by atoms with Crippen LogP contribution in [0, 0.1) is 0 Å². The molecule has 0 bridgehead atoms. The van der Waals surface area contributed by atoms with Crippen LogP contribution in [-0.2, 0) is 13.0 Å². The van der Waals surface area contributed by atoms with Crippen molar-refractivity contribution in [2.45, 2.75) is 46.6 Å². The molecule has 0 aliphatic heterocycles. The Morgan fingerprint density at radius 3 is 2.56 bits per heavy atom. The highest BCUT2D eigenvalue weighted by atomic mass is 15.2. The normalized spacial score (nSPS) is 10.7. The molecule has 18 heavy (non-hydrogen) atoms. The average Bonchev–Trinajstić information content (AvgIpc) is 2.37. The van der Waals surface area contributed by atoms with Crippen LogP contribution < -0.4 is 10.2 Å². The number of hydrogen-bond donors (Lipinski definition) is 1. The molecular formula is C15H27N3. The first kappa shape index (κ1) is 15.0. The van der Waals surface area contributed by atoms with Gasteiger partial charge < -0.3 is 10.2 Å². The van der Waals surface area contributed by atoms with Gasteiger partial charge >= 0.3 is 0 Å². The third-order valence-electron chi connectivity index (χ3n) is 2.96. The van der Waals surface area contributed by atoms with Crippen LogP contribution in [0.25, 0.3) is 0 Å². The van der Waals surface area contributed by atoms with E-state index in [1.165, 1.54) is 11.3 Å². The lowest BCUT2D eigenvalue weighted by Crippen LogP contribution is -2.20. The molecule has 3 nitrogen and oxygen atoms in total. The monoisotopic (exact) mass is 249 g/mol. The smallest absolute Gasteiger partial charge is 0.128 e. The first-order valence-corrected chi connectivity index (χ1v) is 7.12. The van der Waals surface area contributed by atoms with E-state index in [1.807, 2.05) is 0 Å². The summed E-state index contributed by atoms with van der Waals surface area (Å²) in [6, 6.07) is 4.44. The summed E-state index contributed by atoms with van der Waals surface area (Å²) < 4.78 is 0. The maximum absolute atomic E-state index is 4.75. The number of nitrogens with one attached hydrogen (secondary N) is 1. The van der Waals surface area contributed by atoms with Crippen molar-refractivity contribution < 1.29 is 0 Å². The van der Waals surface area contributed by atoms with Crippen LogP contribution in [-0.4, -0.2) is 25.1 Å². The summed E-state index contributed by atoms with van der Waals surface area (Å²) in [6.07, 6.45) is 3.36. The van der Waals surface area contributed by atoms with Crippen molar-refractivity contribution in [1.29, 1.82) is 0 Å². The van der Waals surface area contributed by atoms with Crippen LogP contribution in [0.1, 0.15) is 44.9 Å². The fourth-order valence-electron chi connectivity index (χ4n) is 2.03. The highest BCUT2D eigenvalue weighted by Gasteiger charge is 2.06. The van der Waals surface area contributed by atoms with Crippen molar-refractivity contribution in [3.8, 4) is 0 Å². The first-order chi connectivity index (χ1) is 8.71. The molecular weight excluding hydrogens is 222 g/mol. The van der Waals surface area contributed by atoms with Gasteiger partial charge in [0.2, 0.25) is 0 Å². The summed E-state index contributed by atoms with van der Waals surface area (Å²) in [4.78, 5) is 6.99. The second-order valence-corrected chi connectivity index (χ2v) is 4.78. The van der Waals surface area contributed by atoms with E-state index in [-0.39, 0.29) is 0 Å². The van der Waals surface area contributed by atoms with E-state index in [4.69, 9.17) is 4.98 Å². The molecule has 0 saturated heterocycles. The summed E-state index contributed by atoms with van der Waals surface area (Å²) in [6.45, 7) is 9.54. The SMILES string of the molecule is CCCc1cc(CNCC)cc(N(C)CCC)n1. The molecule has 0 unspecified atom stereocenters. The Balaban J connectivity index is 2.89. The van der Waals surface area contributed by atoms with E-state index in [9.17, 15) is 0 Å². The zero-order valence-electron chi connectivity index (χ0n) is 12.3. The van der Waals surface area contributed by atoms with Crippen LogP contribution in [0.15, 0.2) is 12.1 Å². The number of aromatic nitrogens is 1. The van der Waals surface area contributed by atoms with Crippen molar-refractivity contribution in [3.05, 3.63) is 23.4 Å². The molecule has 0 amide bonds. The zero-order chi connectivity index (χ0) is 13.4.